The van der Waals surface area contributed by atoms with Crippen molar-refractivity contribution in [1.29, 1.82) is 0 Å². The van der Waals surface area contributed by atoms with E-state index in [1.807, 2.05) is 30.0 Å². The highest BCUT2D eigenvalue weighted by atomic mass is 35.5. The zero-order valence-corrected chi connectivity index (χ0v) is 18.8. The molecule has 7 heteroatoms. The van der Waals surface area contributed by atoms with Gasteiger partial charge in [-0.25, -0.2) is 4.39 Å². The Kier molecular flexibility index (Phi) is 7.98. The molecule has 0 unspecified atom stereocenters. The summed E-state index contributed by atoms with van der Waals surface area (Å²) in [5.41, 5.74) is 1.96. The summed E-state index contributed by atoms with van der Waals surface area (Å²) in [6.07, 6.45) is 0.626. The zero-order valence-electron chi connectivity index (χ0n) is 17.3. The zero-order chi connectivity index (χ0) is 21.7. The van der Waals surface area contributed by atoms with Gasteiger partial charge in [-0.3, -0.25) is 9.69 Å². The second kappa shape index (κ2) is 10.5. The Morgan fingerprint density at radius 1 is 1.13 bits per heavy atom. The lowest BCUT2D eigenvalue weighted by atomic mass is 10.1. The molecular formula is C23H27Cl2FN2O2. The van der Waals surface area contributed by atoms with Gasteiger partial charge in [0, 0.05) is 42.6 Å². The molecule has 0 bridgehead atoms. The van der Waals surface area contributed by atoms with Crippen LogP contribution < -0.4 is 4.74 Å². The standard InChI is InChI=1S/C23H27Cl2FN2O2/c1-16-13-28(17(2)12-27(16)14-18-3-6-21(26)7-4-18)23(29)15-30-22-8-5-20(25)11-19(22)9-10-24/h3-8,11,16-17H,9-10,12-15H2,1-2H3/t16-,17+/m0/s1. The molecule has 0 N–H and O–H groups in total. The summed E-state index contributed by atoms with van der Waals surface area (Å²) < 4.78 is 19.0. The molecule has 1 amide bonds. The molecule has 2 aromatic carbocycles. The summed E-state index contributed by atoms with van der Waals surface area (Å²) in [4.78, 5) is 17.1. The first-order valence-electron chi connectivity index (χ1n) is 10.1. The van der Waals surface area contributed by atoms with Crippen molar-refractivity contribution in [2.24, 2.45) is 0 Å². The number of hydrogen-bond acceptors (Lipinski definition) is 3. The lowest BCUT2D eigenvalue weighted by molar-refractivity contribution is -0.139. The Bertz CT molecular complexity index is 863. The van der Waals surface area contributed by atoms with Gasteiger partial charge in [-0.05, 0) is 61.7 Å². The molecule has 0 radical (unpaired) electrons. The Hall–Kier alpha value is -1.82. The summed E-state index contributed by atoms with van der Waals surface area (Å²) >= 11 is 11.9. The van der Waals surface area contributed by atoms with E-state index in [0.29, 0.717) is 29.6 Å². The van der Waals surface area contributed by atoms with Crippen LogP contribution in [0.1, 0.15) is 25.0 Å². The van der Waals surface area contributed by atoms with E-state index in [0.717, 1.165) is 24.2 Å². The third-order valence-corrected chi connectivity index (χ3v) is 5.90. The summed E-state index contributed by atoms with van der Waals surface area (Å²) in [5.74, 6) is 0.826. The number of carbonyl (C=O) groups is 1. The molecule has 0 aliphatic carbocycles. The number of nitrogens with zero attached hydrogens (tertiary/aromatic N) is 2. The van der Waals surface area contributed by atoms with Crippen molar-refractivity contribution in [3.63, 3.8) is 0 Å². The molecule has 2 atom stereocenters. The SMILES string of the molecule is C[C@@H]1CN(Cc2ccc(F)cc2)[C@@H](C)CN1C(=O)COc1ccc(Cl)cc1CCCl. The Morgan fingerprint density at radius 2 is 1.87 bits per heavy atom. The molecule has 1 aliphatic rings. The maximum Gasteiger partial charge on any atom is 0.260 e. The minimum atomic E-state index is -0.231. The molecule has 30 heavy (non-hydrogen) atoms. The minimum absolute atomic E-state index is 0.0219. The fourth-order valence-electron chi connectivity index (χ4n) is 3.80. The van der Waals surface area contributed by atoms with Crippen LogP contribution in [0.4, 0.5) is 4.39 Å². The van der Waals surface area contributed by atoms with Crippen LogP contribution in [-0.4, -0.2) is 53.4 Å². The van der Waals surface area contributed by atoms with Crippen LogP contribution in [0, 0.1) is 5.82 Å². The first-order chi connectivity index (χ1) is 14.4. The van der Waals surface area contributed by atoms with Crippen molar-refractivity contribution < 1.29 is 13.9 Å². The predicted molar refractivity (Wildman–Crippen MR) is 119 cm³/mol. The monoisotopic (exact) mass is 452 g/mol. The second-order valence-corrected chi connectivity index (χ2v) is 8.59. The number of rotatable bonds is 7. The lowest BCUT2D eigenvalue weighted by Gasteiger charge is -2.44. The molecule has 1 fully saturated rings. The second-order valence-electron chi connectivity index (χ2n) is 7.78. The summed E-state index contributed by atoms with van der Waals surface area (Å²) in [5, 5.41) is 0.619. The highest BCUT2D eigenvalue weighted by molar-refractivity contribution is 6.30. The van der Waals surface area contributed by atoms with Crippen LogP contribution in [0.5, 0.6) is 5.75 Å². The largest absolute Gasteiger partial charge is 0.483 e. The molecule has 4 nitrogen and oxygen atoms in total. The van der Waals surface area contributed by atoms with Gasteiger partial charge in [-0.15, -0.1) is 11.6 Å². The maximum absolute atomic E-state index is 13.1. The molecule has 0 saturated carbocycles. The van der Waals surface area contributed by atoms with Gasteiger partial charge in [-0.2, -0.15) is 0 Å². The lowest BCUT2D eigenvalue weighted by Crippen LogP contribution is -2.58. The molecule has 2 aromatic rings. The van der Waals surface area contributed by atoms with E-state index in [9.17, 15) is 9.18 Å². The molecule has 1 heterocycles. The van der Waals surface area contributed by atoms with E-state index in [4.69, 9.17) is 27.9 Å². The average molecular weight is 453 g/mol. The minimum Gasteiger partial charge on any atom is -0.483 e. The van der Waals surface area contributed by atoms with Gasteiger partial charge in [0.1, 0.15) is 11.6 Å². The normalized spacial score (nSPS) is 19.7. The van der Waals surface area contributed by atoms with Crippen LogP contribution in [0.2, 0.25) is 5.02 Å². The number of benzene rings is 2. The number of alkyl halides is 1. The van der Waals surface area contributed by atoms with E-state index in [-0.39, 0.29) is 30.4 Å². The van der Waals surface area contributed by atoms with E-state index < -0.39 is 0 Å². The first kappa shape index (κ1) is 22.9. The van der Waals surface area contributed by atoms with E-state index in [2.05, 4.69) is 11.8 Å². The number of halogens is 3. The van der Waals surface area contributed by atoms with Gasteiger partial charge in [-0.1, -0.05) is 23.7 Å². The number of piperazine rings is 1. The first-order valence-corrected chi connectivity index (χ1v) is 11.0. The van der Waals surface area contributed by atoms with Gasteiger partial charge in [0.05, 0.1) is 0 Å². The van der Waals surface area contributed by atoms with Crippen molar-refractivity contribution in [1.82, 2.24) is 9.80 Å². The molecule has 1 saturated heterocycles. The van der Waals surface area contributed by atoms with Crippen LogP contribution in [0.15, 0.2) is 42.5 Å². The highest BCUT2D eigenvalue weighted by Gasteiger charge is 2.32. The van der Waals surface area contributed by atoms with E-state index in [1.54, 1.807) is 12.1 Å². The van der Waals surface area contributed by atoms with Crippen molar-refractivity contribution in [2.45, 2.75) is 38.9 Å². The summed E-state index contributed by atoms with van der Waals surface area (Å²) in [6, 6.07) is 12.2. The molecule has 162 valence electrons. The van der Waals surface area contributed by atoms with Crippen molar-refractivity contribution in [3.8, 4) is 5.75 Å². The number of ether oxygens (including phenoxy) is 1. The Morgan fingerprint density at radius 3 is 2.57 bits per heavy atom. The van der Waals surface area contributed by atoms with Crippen molar-refractivity contribution in [2.75, 3.05) is 25.6 Å². The van der Waals surface area contributed by atoms with Crippen molar-refractivity contribution >= 4 is 29.1 Å². The maximum atomic E-state index is 13.1. The smallest absolute Gasteiger partial charge is 0.260 e. The Balaban J connectivity index is 1.58. The fraction of sp³-hybridized carbons (Fsp3) is 0.435. The number of amides is 1. The summed E-state index contributed by atoms with van der Waals surface area (Å²) in [7, 11) is 0. The molecular weight excluding hydrogens is 426 g/mol. The summed E-state index contributed by atoms with van der Waals surface area (Å²) in [6.45, 7) is 6.24. The van der Waals surface area contributed by atoms with Gasteiger partial charge in [0.25, 0.3) is 5.91 Å². The number of aryl methyl sites for hydroxylation is 1. The van der Waals surface area contributed by atoms with Crippen LogP contribution >= 0.6 is 23.2 Å². The molecule has 0 spiro atoms. The predicted octanol–water partition coefficient (Wildman–Crippen LogP) is 4.76. The van der Waals surface area contributed by atoms with Crippen LogP contribution in [-0.2, 0) is 17.8 Å². The van der Waals surface area contributed by atoms with Gasteiger partial charge in [0.15, 0.2) is 6.61 Å². The third kappa shape index (κ3) is 5.87. The number of hydrogen-bond donors (Lipinski definition) is 0. The van der Waals surface area contributed by atoms with Gasteiger partial charge in [0.2, 0.25) is 0 Å². The third-order valence-electron chi connectivity index (χ3n) is 5.47. The quantitative estimate of drug-likeness (QED) is 0.567. The Labute approximate surface area is 187 Å². The van der Waals surface area contributed by atoms with E-state index in [1.165, 1.54) is 12.1 Å². The molecule has 0 aromatic heterocycles. The van der Waals surface area contributed by atoms with Gasteiger partial charge >= 0.3 is 0 Å². The fourth-order valence-corrected chi connectivity index (χ4v) is 4.20. The average Bonchev–Trinajstić information content (AvgIpc) is 2.71. The topological polar surface area (TPSA) is 32.8 Å². The molecule has 3 rings (SSSR count). The molecule has 1 aliphatic heterocycles. The van der Waals surface area contributed by atoms with Crippen molar-refractivity contribution in [3.05, 3.63) is 64.4 Å². The highest BCUT2D eigenvalue weighted by Crippen LogP contribution is 2.24. The number of carbonyl (C=O) groups excluding carboxylic acids is 1. The van der Waals surface area contributed by atoms with Crippen LogP contribution in [0.3, 0.4) is 0 Å². The van der Waals surface area contributed by atoms with Crippen LogP contribution in [0.25, 0.3) is 0 Å². The van der Waals surface area contributed by atoms with E-state index >= 15 is 0 Å². The van der Waals surface area contributed by atoms with Gasteiger partial charge < -0.3 is 9.64 Å².